The quantitative estimate of drug-likeness (QED) is 0.914. The van der Waals surface area contributed by atoms with Crippen LogP contribution < -0.4 is 4.72 Å². The van der Waals surface area contributed by atoms with Crippen LogP contribution in [-0.4, -0.2) is 15.0 Å². The van der Waals surface area contributed by atoms with E-state index in [0.717, 1.165) is 16.9 Å². The molecule has 0 atom stereocenters. The maximum Gasteiger partial charge on any atom is 0.240 e. The summed E-state index contributed by atoms with van der Waals surface area (Å²) < 4.78 is 32.0. The molecular weight excluding hydrogens is 262 g/mol. The van der Waals surface area contributed by atoms with E-state index in [1.54, 1.807) is 31.4 Å². The molecule has 19 heavy (non-hydrogen) atoms. The first kappa shape index (κ1) is 13.8. The van der Waals surface area contributed by atoms with Crippen LogP contribution in [0.4, 0.5) is 0 Å². The first-order chi connectivity index (χ1) is 8.99. The first-order valence-corrected chi connectivity index (χ1v) is 7.57. The van der Waals surface area contributed by atoms with E-state index in [9.17, 15) is 8.42 Å². The monoisotopic (exact) mass is 279 g/mol. The van der Waals surface area contributed by atoms with Crippen molar-refractivity contribution in [2.45, 2.75) is 25.2 Å². The van der Waals surface area contributed by atoms with Crippen LogP contribution in [-0.2, 0) is 16.4 Å². The summed E-state index contributed by atoms with van der Waals surface area (Å²) in [4.78, 5) is 0.331. The van der Waals surface area contributed by atoms with Crippen molar-refractivity contribution < 1.29 is 12.8 Å². The second-order valence-corrected chi connectivity index (χ2v) is 6.23. The highest BCUT2D eigenvalue weighted by Crippen LogP contribution is 2.16. The fourth-order valence-electron chi connectivity index (χ4n) is 1.94. The summed E-state index contributed by atoms with van der Waals surface area (Å²) in [7, 11) is -3.45. The van der Waals surface area contributed by atoms with E-state index in [1.807, 2.05) is 19.1 Å². The van der Waals surface area contributed by atoms with Crippen LogP contribution in [0.5, 0.6) is 0 Å². The molecule has 1 aromatic carbocycles. The lowest BCUT2D eigenvalue weighted by molar-refractivity contribution is 0.506. The topological polar surface area (TPSA) is 59.3 Å². The predicted molar refractivity (Wildman–Crippen MR) is 73.5 cm³/mol. The molecule has 0 amide bonds. The minimum absolute atomic E-state index is 0.323. The molecule has 0 aliphatic carbocycles. The van der Waals surface area contributed by atoms with Crippen LogP contribution >= 0.6 is 0 Å². The van der Waals surface area contributed by atoms with Crippen molar-refractivity contribution in [1.82, 2.24) is 4.72 Å². The van der Waals surface area contributed by atoms with Gasteiger partial charge >= 0.3 is 0 Å². The van der Waals surface area contributed by atoms with Crippen molar-refractivity contribution in [3.8, 4) is 0 Å². The zero-order valence-electron chi connectivity index (χ0n) is 11.0. The van der Waals surface area contributed by atoms with Gasteiger partial charge in [-0.05, 0) is 37.6 Å². The second kappa shape index (κ2) is 5.59. The Kier molecular flexibility index (Phi) is 4.07. The summed E-state index contributed by atoms with van der Waals surface area (Å²) in [5, 5.41) is 0. The van der Waals surface area contributed by atoms with E-state index in [2.05, 4.69) is 4.72 Å². The molecule has 0 bridgehead atoms. The van der Waals surface area contributed by atoms with E-state index in [-0.39, 0.29) is 0 Å². The largest absolute Gasteiger partial charge is 0.469 e. The molecule has 0 fully saturated rings. The molecule has 2 rings (SSSR count). The lowest BCUT2D eigenvalue weighted by atomic mass is 10.2. The predicted octanol–water partition coefficient (Wildman–Crippen LogP) is 2.42. The average molecular weight is 279 g/mol. The lowest BCUT2D eigenvalue weighted by Crippen LogP contribution is -2.26. The zero-order chi connectivity index (χ0) is 13.9. The number of hydrogen-bond donors (Lipinski definition) is 1. The van der Waals surface area contributed by atoms with Gasteiger partial charge in [0.1, 0.15) is 5.76 Å². The second-order valence-electron chi connectivity index (χ2n) is 4.50. The molecule has 1 aromatic heterocycles. The van der Waals surface area contributed by atoms with Gasteiger partial charge in [0.05, 0.1) is 11.2 Å². The Morgan fingerprint density at radius 3 is 2.63 bits per heavy atom. The van der Waals surface area contributed by atoms with Gasteiger partial charge in [-0.2, -0.15) is 0 Å². The molecule has 0 aliphatic heterocycles. The van der Waals surface area contributed by atoms with Gasteiger partial charge < -0.3 is 4.42 Å². The van der Waals surface area contributed by atoms with Gasteiger partial charge in [-0.25, -0.2) is 13.1 Å². The number of hydrogen-bond acceptors (Lipinski definition) is 3. The third-order valence-corrected chi connectivity index (χ3v) is 4.48. The Hall–Kier alpha value is -1.59. The standard InChI is InChI=1S/C14H17NO3S/c1-11-5-6-14(12(2)10-11)19(16,17)15-8-7-13-4-3-9-18-13/h3-6,9-10,15H,7-8H2,1-2H3. The van der Waals surface area contributed by atoms with Crippen molar-refractivity contribution in [2.75, 3.05) is 6.54 Å². The Labute approximate surface area is 113 Å². The van der Waals surface area contributed by atoms with Crippen molar-refractivity contribution in [3.05, 3.63) is 53.5 Å². The lowest BCUT2D eigenvalue weighted by Gasteiger charge is -2.09. The molecule has 4 nitrogen and oxygen atoms in total. The fraction of sp³-hybridized carbons (Fsp3) is 0.286. The van der Waals surface area contributed by atoms with Gasteiger partial charge in [-0.3, -0.25) is 0 Å². The Morgan fingerprint density at radius 1 is 1.21 bits per heavy atom. The van der Waals surface area contributed by atoms with Crippen molar-refractivity contribution in [2.24, 2.45) is 0 Å². The molecule has 102 valence electrons. The molecular formula is C14H17NO3S. The van der Waals surface area contributed by atoms with E-state index in [4.69, 9.17) is 4.42 Å². The van der Waals surface area contributed by atoms with Gasteiger partial charge in [0, 0.05) is 13.0 Å². The zero-order valence-corrected chi connectivity index (χ0v) is 11.8. The molecule has 1 heterocycles. The minimum atomic E-state index is -3.45. The molecule has 0 saturated heterocycles. The molecule has 0 saturated carbocycles. The maximum absolute atomic E-state index is 12.2. The van der Waals surface area contributed by atoms with Gasteiger partial charge in [-0.15, -0.1) is 0 Å². The highest BCUT2D eigenvalue weighted by molar-refractivity contribution is 7.89. The fourth-order valence-corrected chi connectivity index (χ4v) is 3.20. The first-order valence-electron chi connectivity index (χ1n) is 6.08. The number of benzene rings is 1. The number of nitrogens with one attached hydrogen (secondary N) is 1. The smallest absolute Gasteiger partial charge is 0.240 e. The Morgan fingerprint density at radius 2 is 2.00 bits per heavy atom. The third kappa shape index (κ3) is 3.45. The van der Waals surface area contributed by atoms with Crippen LogP contribution in [0, 0.1) is 13.8 Å². The molecule has 1 N–H and O–H groups in total. The van der Waals surface area contributed by atoms with Crippen LogP contribution in [0.1, 0.15) is 16.9 Å². The van der Waals surface area contributed by atoms with Crippen molar-refractivity contribution in [3.63, 3.8) is 0 Å². The summed E-state index contributed by atoms with van der Waals surface area (Å²) in [6.07, 6.45) is 2.12. The van der Waals surface area contributed by atoms with Gasteiger partial charge in [-0.1, -0.05) is 17.7 Å². The van der Waals surface area contributed by atoms with Gasteiger partial charge in [0.15, 0.2) is 0 Å². The maximum atomic E-state index is 12.2. The van der Waals surface area contributed by atoms with Gasteiger partial charge in [0.2, 0.25) is 10.0 Å². The van der Waals surface area contributed by atoms with Crippen LogP contribution in [0.15, 0.2) is 45.9 Å². The van der Waals surface area contributed by atoms with Crippen LogP contribution in [0.25, 0.3) is 0 Å². The normalized spacial score (nSPS) is 11.7. The van der Waals surface area contributed by atoms with E-state index in [0.29, 0.717) is 17.9 Å². The van der Waals surface area contributed by atoms with Gasteiger partial charge in [0.25, 0.3) is 0 Å². The Bertz CT molecular complexity index is 645. The third-order valence-electron chi connectivity index (χ3n) is 2.86. The molecule has 2 aromatic rings. The molecule has 0 radical (unpaired) electrons. The van der Waals surface area contributed by atoms with E-state index < -0.39 is 10.0 Å². The van der Waals surface area contributed by atoms with Crippen molar-refractivity contribution >= 4 is 10.0 Å². The summed E-state index contributed by atoms with van der Waals surface area (Å²) in [5.74, 6) is 0.767. The highest BCUT2D eigenvalue weighted by Gasteiger charge is 2.16. The number of furan rings is 1. The van der Waals surface area contributed by atoms with E-state index >= 15 is 0 Å². The number of rotatable bonds is 5. The molecule has 0 aliphatic rings. The molecule has 0 spiro atoms. The summed E-state index contributed by atoms with van der Waals surface area (Å²) in [6, 6.07) is 8.91. The summed E-state index contributed by atoms with van der Waals surface area (Å²) >= 11 is 0. The SMILES string of the molecule is Cc1ccc(S(=O)(=O)NCCc2ccco2)c(C)c1. The average Bonchev–Trinajstić information content (AvgIpc) is 2.81. The molecule has 0 unspecified atom stereocenters. The summed E-state index contributed by atoms with van der Waals surface area (Å²) in [6.45, 7) is 4.06. The number of sulfonamides is 1. The van der Waals surface area contributed by atoms with Crippen LogP contribution in [0.2, 0.25) is 0 Å². The highest BCUT2D eigenvalue weighted by atomic mass is 32.2. The Balaban J connectivity index is 2.05. The number of aryl methyl sites for hydroxylation is 2. The minimum Gasteiger partial charge on any atom is -0.469 e. The molecule has 5 heteroatoms. The van der Waals surface area contributed by atoms with Crippen LogP contribution in [0.3, 0.4) is 0 Å². The van der Waals surface area contributed by atoms with Crippen molar-refractivity contribution in [1.29, 1.82) is 0 Å². The van der Waals surface area contributed by atoms with E-state index in [1.165, 1.54) is 0 Å². The summed E-state index contributed by atoms with van der Waals surface area (Å²) in [5.41, 5.74) is 1.80.